The molecule has 0 saturated heterocycles. The van der Waals surface area contributed by atoms with Gasteiger partial charge < -0.3 is 15.1 Å². The standard InChI is InChI=1S/C20H24ClFN6O.HI/c1-20(2,14-7-6-13(22)11-15(14)21)12-25-19(23-3)24-9-8-17-26-18(28-27-17)16-5-4-10-29-16;/h4-7,10-11H,8-9,12H2,1-3H3,(H2,23,24,25)(H,26,27,28);1H. The number of aromatic amines is 1. The van der Waals surface area contributed by atoms with E-state index in [2.05, 4.69) is 30.8 Å². The molecular formula is C20H25ClFIN6O. The molecule has 3 rings (SSSR count). The van der Waals surface area contributed by atoms with Gasteiger partial charge in [0.1, 0.15) is 11.6 Å². The van der Waals surface area contributed by atoms with Crippen LogP contribution in [0.15, 0.2) is 46.0 Å². The summed E-state index contributed by atoms with van der Waals surface area (Å²) in [6.07, 6.45) is 2.23. The molecule has 3 aromatic rings. The number of hydrogen-bond acceptors (Lipinski definition) is 4. The number of aliphatic imine (C=N–C) groups is 1. The molecule has 0 amide bonds. The van der Waals surface area contributed by atoms with E-state index in [1.54, 1.807) is 25.4 Å². The van der Waals surface area contributed by atoms with Crippen LogP contribution in [0.5, 0.6) is 0 Å². The zero-order valence-corrected chi connectivity index (χ0v) is 20.1. The Bertz CT molecular complexity index is 974. The van der Waals surface area contributed by atoms with Gasteiger partial charge in [0.2, 0.25) is 5.82 Å². The Kier molecular flexibility index (Phi) is 8.65. The SMILES string of the molecule is CN=C(NCCc1nc(-c2ccco2)n[nH]1)NCC(C)(C)c1ccc(F)cc1Cl.I. The van der Waals surface area contributed by atoms with E-state index in [4.69, 9.17) is 16.0 Å². The van der Waals surface area contributed by atoms with Gasteiger partial charge in [-0.15, -0.1) is 24.0 Å². The fraction of sp³-hybridized carbons (Fsp3) is 0.350. The molecule has 0 atom stereocenters. The van der Waals surface area contributed by atoms with Crippen molar-refractivity contribution in [3.8, 4) is 11.6 Å². The van der Waals surface area contributed by atoms with Crippen molar-refractivity contribution in [2.24, 2.45) is 4.99 Å². The van der Waals surface area contributed by atoms with Crippen molar-refractivity contribution in [2.45, 2.75) is 25.7 Å². The minimum atomic E-state index is -0.345. The molecule has 0 spiro atoms. The van der Waals surface area contributed by atoms with Gasteiger partial charge in [0.15, 0.2) is 11.7 Å². The fourth-order valence-corrected chi connectivity index (χ4v) is 3.30. The van der Waals surface area contributed by atoms with Gasteiger partial charge >= 0.3 is 0 Å². The van der Waals surface area contributed by atoms with E-state index >= 15 is 0 Å². The third-order valence-electron chi connectivity index (χ3n) is 4.51. The van der Waals surface area contributed by atoms with Crippen molar-refractivity contribution < 1.29 is 8.81 Å². The van der Waals surface area contributed by atoms with E-state index < -0.39 is 0 Å². The van der Waals surface area contributed by atoms with Crippen molar-refractivity contribution in [3.05, 3.63) is 58.8 Å². The largest absolute Gasteiger partial charge is 0.461 e. The van der Waals surface area contributed by atoms with Crippen LogP contribution in [0.4, 0.5) is 4.39 Å². The smallest absolute Gasteiger partial charge is 0.216 e. The third kappa shape index (κ3) is 6.18. The van der Waals surface area contributed by atoms with E-state index in [0.29, 0.717) is 42.1 Å². The Hall–Kier alpha value is -2.14. The highest BCUT2D eigenvalue weighted by molar-refractivity contribution is 14.0. The summed E-state index contributed by atoms with van der Waals surface area (Å²) in [5.74, 6) is 2.22. The molecule has 2 aromatic heterocycles. The summed E-state index contributed by atoms with van der Waals surface area (Å²) in [6.45, 7) is 5.27. The monoisotopic (exact) mass is 546 g/mol. The first-order chi connectivity index (χ1) is 13.9. The van der Waals surface area contributed by atoms with E-state index in [9.17, 15) is 4.39 Å². The lowest BCUT2D eigenvalue weighted by molar-refractivity contribution is 0.507. The Morgan fingerprint density at radius 1 is 1.30 bits per heavy atom. The van der Waals surface area contributed by atoms with Gasteiger partial charge in [-0.1, -0.05) is 31.5 Å². The van der Waals surface area contributed by atoms with Gasteiger partial charge in [0.05, 0.1) is 6.26 Å². The number of nitrogens with one attached hydrogen (secondary N) is 3. The molecule has 3 N–H and O–H groups in total. The average molecular weight is 547 g/mol. The van der Waals surface area contributed by atoms with Crippen LogP contribution < -0.4 is 10.6 Å². The molecule has 7 nitrogen and oxygen atoms in total. The molecule has 0 fully saturated rings. The van der Waals surface area contributed by atoms with E-state index in [1.807, 2.05) is 19.9 Å². The first-order valence-electron chi connectivity index (χ1n) is 9.24. The molecule has 10 heteroatoms. The molecule has 0 bridgehead atoms. The number of rotatable bonds is 7. The van der Waals surface area contributed by atoms with Crippen LogP contribution in [0.1, 0.15) is 25.2 Å². The van der Waals surface area contributed by atoms with E-state index in [1.165, 1.54) is 12.1 Å². The number of H-pyrrole nitrogens is 1. The number of nitrogens with zero attached hydrogens (tertiary/aromatic N) is 3. The summed E-state index contributed by atoms with van der Waals surface area (Å²) >= 11 is 6.22. The summed E-state index contributed by atoms with van der Waals surface area (Å²) in [4.78, 5) is 8.65. The maximum Gasteiger partial charge on any atom is 0.216 e. The van der Waals surface area contributed by atoms with E-state index in [0.717, 1.165) is 11.4 Å². The number of halogens is 3. The highest BCUT2D eigenvalue weighted by atomic mass is 127. The highest BCUT2D eigenvalue weighted by Crippen LogP contribution is 2.29. The second kappa shape index (κ2) is 10.8. The van der Waals surface area contributed by atoms with Gasteiger partial charge in [-0.05, 0) is 29.8 Å². The third-order valence-corrected chi connectivity index (χ3v) is 4.82. The summed E-state index contributed by atoms with van der Waals surface area (Å²) < 4.78 is 18.6. The second-order valence-electron chi connectivity index (χ2n) is 7.19. The van der Waals surface area contributed by atoms with Gasteiger partial charge in [-0.3, -0.25) is 10.1 Å². The minimum absolute atomic E-state index is 0. The molecule has 0 aliphatic rings. The predicted molar refractivity (Wildman–Crippen MR) is 127 cm³/mol. The number of aromatic nitrogens is 3. The van der Waals surface area contributed by atoms with Crippen LogP contribution in [-0.2, 0) is 11.8 Å². The Morgan fingerprint density at radius 2 is 2.10 bits per heavy atom. The van der Waals surface area contributed by atoms with Crippen molar-refractivity contribution in [3.63, 3.8) is 0 Å². The Balaban J connectivity index is 0.00000320. The van der Waals surface area contributed by atoms with Crippen molar-refractivity contribution >= 4 is 41.5 Å². The first-order valence-corrected chi connectivity index (χ1v) is 9.62. The quantitative estimate of drug-likeness (QED) is 0.235. The number of furan rings is 1. The lowest BCUT2D eigenvalue weighted by atomic mass is 9.84. The molecule has 30 heavy (non-hydrogen) atoms. The van der Waals surface area contributed by atoms with Crippen LogP contribution >= 0.6 is 35.6 Å². The summed E-state index contributed by atoms with van der Waals surface area (Å²) in [5, 5.41) is 14.0. The van der Waals surface area contributed by atoms with Gasteiger partial charge in [0.25, 0.3) is 0 Å². The molecule has 0 aliphatic heterocycles. The molecule has 2 heterocycles. The predicted octanol–water partition coefficient (Wildman–Crippen LogP) is 4.16. The summed E-state index contributed by atoms with van der Waals surface area (Å²) in [7, 11) is 1.71. The zero-order chi connectivity index (χ0) is 20.9. The van der Waals surface area contributed by atoms with Crippen molar-refractivity contribution in [1.82, 2.24) is 25.8 Å². The molecule has 162 valence electrons. The number of guanidine groups is 1. The van der Waals surface area contributed by atoms with Crippen LogP contribution in [-0.4, -0.2) is 41.3 Å². The molecular weight excluding hydrogens is 522 g/mol. The fourth-order valence-electron chi connectivity index (χ4n) is 2.88. The van der Waals surface area contributed by atoms with Crippen LogP contribution in [0, 0.1) is 5.82 Å². The van der Waals surface area contributed by atoms with Crippen LogP contribution in [0.3, 0.4) is 0 Å². The molecule has 1 aromatic carbocycles. The Labute approximate surface area is 196 Å². The zero-order valence-electron chi connectivity index (χ0n) is 17.0. The number of benzene rings is 1. The normalized spacial score (nSPS) is 11.8. The molecule has 0 aliphatic carbocycles. The first kappa shape index (κ1) is 24.1. The molecule has 0 unspecified atom stereocenters. The average Bonchev–Trinajstić information content (AvgIpc) is 3.35. The van der Waals surface area contributed by atoms with Gasteiger partial charge in [-0.25, -0.2) is 9.37 Å². The molecule has 0 radical (unpaired) electrons. The van der Waals surface area contributed by atoms with Crippen LogP contribution in [0.2, 0.25) is 5.02 Å². The lowest BCUT2D eigenvalue weighted by Gasteiger charge is -2.27. The second-order valence-corrected chi connectivity index (χ2v) is 7.60. The van der Waals surface area contributed by atoms with Gasteiger partial charge in [0, 0.05) is 37.0 Å². The minimum Gasteiger partial charge on any atom is -0.461 e. The van der Waals surface area contributed by atoms with Crippen LogP contribution in [0.25, 0.3) is 11.6 Å². The molecule has 0 saturated carbocycles. The van der Waals surface area contributed by atoms with Crippen molar-refractivity contribution in [1.29, 1.82) is 0 Å². The topological polar surface area (TPSA) is 91.1 Å². The van der Waals surface area contributed by atoms with E-state index in [-0.39, 0.29) is 35.2 Å². The Morgan fingerprint density at radius 3 is 2.77 bits per heavy atom. The summed E-state index contributed by atoms with van der Waals surface area (Å²) in [6, 6.07) is 8.08. The van der Waals surface area contributed by atoms with Gasteiger partial charge in [-0.2, -0.15) is 5.10 Å². The van der Waals surface area contributed by atoms with Crippen molar-refractivity contribution in [2.75, 3.05) is 20.1 Å². The summed E-state index contributed by atoms with van der Waals surface area (Å²) in [5.41, 5.74) is 0.557. The highest BCUT2D eigenvalue weighted by Gasteiger charge is 2.24. The lowest BCUT2D eigenvalue weighted by Crippen LogP contribution is -2.44. The maximum atomic E-state index is 13.3. The maximum absolute atomic E-state index is 13.3. The number of hydrogen-bond donors (Lipinski definition) is 3.